The van der Waals surface area contributed by atoms with E-state index in [1.807, 2.05) is 0 Å². The molecule has 4 rings (SSSR count). The van der Waals surface area contributed by atoms with E-state index in [0.29, 0.717) is 18.0 Å². The Bertz CT molecular complexity index is 1630. The molecular weight excluding hydrogens is 634 g/mol. The van der Waals surface area contributed by atoms with E-state index < -0.39 is 45.6 Å². The number of carbonyl (C=O) groups excluding carboxylic acids is 2. The predicted octanol–water partition coefficient (Wildman–Crippen LogP) is 3.99. The van der Waals surface area contributed by atoms with E-state index in [0.717, 1.165) is 28.6 Å². The van der Waals surface area contributed by atoms with Crippen molar-refractivity contribution in [3.05, 3.63) is 83.3 Å². The molecule has 0 bridgehead atoms. The number of rotatable bonds is 10. The second-order valence-electron chi connectivity index (χ2n) is 9.16. The van der Waals surface area contributed by atoms with E-state index in [1.54, 1.807) is 30.3 Å². The average molecular weight is 658 g/mol. The lowest BCUT2D eigenvalue weighted by atomic mass is 10.2. The van der Waals surface area contributed by atoms with E-state index in [9.17, 15) is 35.6 Å². The van der Waals surface area contributed by atoms with Gasteiger partial charge in [-0.15, -0.1) is 0 Å². The van der Waals surface area contributed by atoms with Gasteiger partial charge in [-0.1, -0.05) is 35.0 Å². The van der Waals surface area contributed by atoms with E-state index in [4.69, 9.17) is 16.4 Å². The smallest absolute Gasteiger partial charge is 0.390 e. The molecule has 0 fully saturated rings. The summed E-state index contributed by atoms with van der Waals surface area (Å²) in [7, 11) is -4.26. The van der Waals surface area contributed by atoms with Crippen LogP contribution in [0.15, 0.2) is 76.9 Å². The fraction of sp³-hybridized carbons (Fsp3) is 0.231. The molecule has 0 aliphatic carbocycles. The van der Waals surface area contributed by atoms with Crippen molar-refractivity contribution in [2.45, 2.75) is 23.6 Å². The number of para-hydroxylation sites is 1. The monoisotopic (exact) mass is 657 g/mol. The SMILES string of the molecule is O=C(NNC(=O)C1=NOC(CN(CCNc2ncc(C(F)(F)F)cc2Cl)S(=O)(=O)c2ccc(F)cc2)C1)Nc1ccccc1. The van der Waals surface area contributed by atoms with Crippen LogP contribution in [0.2, 0.25) is 5.02 Å². The van der Waals surface area contributed by atoms with E-state index in [1.165, 1.54) is 0 Å². The van der Waals surface area contributed by atoms with Crippen LogP contribution in [0.5, 0.6) is 0 Å². The average Bonchev–Trinajstić information content (AvgIpc) is 3.45. The highest BCUT2D eigenvalue weighted by Gasteiger charge is 2.34. The Morgan fingerprint density at radius 3 is 2.43 bits per heavy atom. The number of hydrogen-bond donors (Lipinski definition) is 4. The molecule has 2 heterocycles. The number of benzene rings is 2. The van der Waals surface area contributed by atoms with E-state index in [-0.39, 0.29) is 47.5 Å². The number of halogens is 5. The normalized spacial score (nSPS) is 14.9. The van der Waals surface area contributed by atoms with Crippen molar-refractivity contribution >= 4 is 50.8 Å². The predicted molar refractivity (Wildman–Crippen MR) is 152 cm³/mol. The number of hydrazine groups is 1. The molecule has 3 amide bonds. The number of carbonyl (C=O) groups is 2. The van der Waals surface area contributed by atoms with Crippen LogP contribution < -0.4 is 21.5 Å². The summed E-state index contributed by atoms with van der Waals surface area (Å²) in [5.74, 6) is -1.57. The Labute approximate surface area is 253 Å². The number of sulfonamides is 1. The van der Waals surface area contributed by atoms with Gasteiger partial charge in [0.1, 0.15) is 23.5 Å². The van der Waals surface area contributed by atoms with Gasteiger partial charge in [-0.05, 0) is 42.5 Å². The minimum atomic E-state index is -4.65. The summed E-state index contributed by atoms with van der Waals surface area (Å²) < 4.78 is 80.0. The molecule has 44 heavy (non-hydrogen) atoms. The van der Waals surface area contributed by atoms with Gasteiger partial charge in [0.25, 0.3) is 5.91 Å². The molecule has 4 N–H and O–H groups in total. The fourth-order valence-electron chi connectivity index (χ4n) is 3.84. The minimum absolute atomic E-state index is 0.109. The molecule has 0 saturated heterocycles. The Kier molecular flexibility index (Phi) is 10.2. The van der Waals surface area contributed by atoms with Gasteiger partial charge in [0.05, 0.1) is 22.0 Å². The molecule has 2 aromatic carbocycles. The number of urea groups is 1. The highest BCUT2D eigenvalue weighted by atomic mass is 35.5. The molecule has 1 atom stereocenters. The van der Waals surface area contributed by atoms with Crippen LogP contribution in [0.25, 0.3) is 0 Å². The van der Waals surface area contributed by atoms with Gasteiger partial charge in [-0.3, -0.25) is 10.2 Å². The first-order valence-electron chi connectivity index (χ1n) is 12.7. The number of nitrogens with one attached hydrogen (secondary N) is 4. The topological polar surface area (TPSA) is 154 Å². The van der Waals surface area contributed by atoms with Gasteiger partial charge in [-0.25, -0.2) is 28.0 Å². The van der Waals surface area contributed by atoms with Crippen LogP contribution in [-0.4, -0.2) is 61.1 Å². The Morgan fingerprint density at radius 1 is 1.07 bits per heavy atom. The number of amides is 3. The molecule has 0 radical (unpaired) electrons. The first-order valence-corrected chi connectivity index (χ1v) is 14.5. The third-order valence-electron chi connectivity index (χ3n) is 6.00. The van der Waals surface area contributed by atoms with Crippen molar-refractivity contribution in [2.24, 2.45) is 5.16 Å². The van der Waals surface area contributed by atoms with Gasteiger partial charge in [-0.2, -0.15) is 17.5 Å². The van der Waals surface area contributed by atoms with Crippen LogP contribution in [0, 0.1) is 5.82 Å². The van der Waals surface area contributed by atoms with Crippen LogP contribution in [-0.2, 0) is 25.8 Å². The first-order chi connectivity index (χ1) is 20.8. The highest BCUT2D eigenvalue weighted by molar-refractivity contribution is 7.89. The van der Waals surface area contributed by atoms with Crippen LogP contribution in [0.3, 0.4) is 0 Å². The van der Waals surface area contributed by atoms with E-state index >= 15 is 0 Å². The zero-order chi connectivity index (χ0) is 31.9. The molecule has 1 aromatic heterocycles. The maximum absolute atomic E-state index is 13.5. The number of aromatic nitrogens is 1. The number of hydrogen-bond acceptors (Lipinski definition) is 8. The van der Waals surface area contributed by atoms with Gasteiger partial charge in [0, 0.05) is 31.4 Å². The third kappa shape index (κ3) is 8.55. The number of nitrogens with zero attached hydrogens (tertiary/aromatic N) is 3. The van der Waals surface area contributed by atoms with Crippen molar-refractivity contribution < 1.29 is 40.4 Å². The summed E-state index contributed by atoms with van der Waals surface area (Å²) in [5, 5.41) is 8.56. The lowest BCUT2D eigenvalue weighted by Gasteiger charge is -2.24. The molecule has 1 unspecified atom stereocenters. The molecule has 12 nitrogen and oxygen atoms in total. The lowest BCUT2D eigenvalue weighted by molar-refractivity contribution is -0.137. The molecule has 0 saturated carbocycles. The molecule has 234 valence electrons. The molecule has 1 aliphatic rings. The Morgan fingerprint density at radius 2 is 1.77 bits per heavy atom. The largest absolute Gasteiger partial charge is 0.417 e. The van der Waals surface area contributed by atoms with E-state index in [2.05, 4.69) is 31.6 Å². The van der Waals surface area contributed by atoms with Crippen LogP contribution in [0.4, 0.5) is 33.9 Å². The quantitative estimate of drug-likeness (QED) is 0.190. The van der Waals surface area contributed by atoms with Crippen molar-refractivity contribution in [3.63, 3.8) is 0 Å². The van der Waals surface area contributed by atoms with Crippen molar-refractivity contribution in [2.75, 3.05) is 30.3 Å². The number of anilines is 2. The highest BCUT2D eigenvalue weighted by Crippen LogP contribution is 2.32. The molecule has 0 spiro atoms. The van der Waals surface area contributed by atoms with Crippen LogP contribution >= 0.6 is 11.6 Å². The van der Waals surface area contributed by atoms with Gasteiger partial charge in [0.15, 0.2) is 0 Å². The number of oxime groups is 1. The van der Waals surface area contributed by atoms with Gasteiger partial charge >= 0.3 is 12.2 Å². The zero-order valence-corrected chi connectivity index (χ0v) is 24.0. The molecule has 1 aliphatic heterocycles. The second kappa shape index (κ2) is 13.9. The summed E-state index contributed by atoms with van der Waals surface area (Å²) in [6, 6.07) is 12.5. The summed E-state index contributed by atoms with van der Waals surface area (Å²) >= 11 is 5.92. The molecule has 3 aromatic rings. The van der Waals surface area contributed by atoms with Gasteiger partial charge in [0.2, 0.25) is 10.0 Å². The number of alkyl halides is 3. The molecular formula is C26H24ClF4N7O5S. The Balaban J connectivity index is 1.38. The van der Waals surface area contributed by atoms with Crippen molar-refractivity contribution in [3.8, 4) is 0 Å². The van der Waals surface area contributed by atoms with Crippen molar-refractivity contribution in [1.82, 2.24) is 20.1 Å². The standard InChI is InChI=1S/C26H24ClF4N7O5S/c27-21-12-16(26(29,30)31)14-33-23(21)32-10-11-38(44(41,42)20-8-6-17(28)7-9-20)15-19-13-22(37-43-19)24(39)35-36-25(40)34-18-4-2-1-3-5-18/h1-9,12,14,19H,10-11,13,15H2,(H,32,33)(H,35,39)(H2,34,36,40). The number of pyridine rings is 1. The maximum atomic E-state index is 13.5. The summed E-state index contributed by atoms with van der Waals surface area (Å²) in [5.41, 5.74) is 3.63. The van der Waals surface area contributed by atoms with Gasteiger partial charge < -0.3 is 15.5 Å². The summed E-state index contributed by atoms with van der Waals surface area (Å²) in [6.45, 7) is -0.737. The first kappa shape index (κ1) is 32.4. The lowest BCUT2D eigenvalue weighted by Crippen LogP contribution is -2.47. The Hall–Kier alpha value is -4.48. The summed E-state index contributed by atoms with van der Waals surface area (Å²) in [6.07, 6.45) is -5.14. The maximum Gasteiger partial charge on any atom is 0.417 e. The summed E-state index contributed by atoms with van der Waals surface area (Å²) in [4.78, 5) is 33.2. The van der Waals surface area contributed by atoms with Crippen LogP contribution in [0.1, 0.15) is 12.0 Å². The fourth-order valence-corrected chi connectivity index (χ4v) is 5.55. The zero-order valence-electron chi connectivity index (χ0n) is 22.4. The molecule has 18 heteroatoms. The second-order valence-corrected chi connectivity index (χ2v) is 11.5. The minimum Gasteiger partial charge on any atom is -0.390 e. The third-order valence-corrected chi connectivity index (χ3v) is 8.16. The van der Waals surface area contributed by atoms with Crippen molar-refractivity contribution in [1.29, 1.82) is 0 Å².